The van der Waals surface area contributed by atoms with Gasteiger partial charge in [-0.15, -0.1) is 0 Å². The first kappa shape index (κ1) is 12.4. The second-order valence-electron chi connectivity index (χ2n) is 5.70. The summed E-state index contributed by atoms with van der Waals surface area (Å²) in [4.78, 5) is 25.4. The molecule has 1 amide bonds. The molecule has 0 bridgehead atoms. The lowest BCUT2D eigenvalue weighted by atomic mass is 9.95. The number of aromatic nitrogens is 3. The van der Waals surface area contributed by atoms with Crippen molar-refractivity contribution in [3.8, 4) is 0 Å². The molecular weight excluding hydrogens is 270 g/mol. The second kappa shape index (κ2) is 4.61. The minimum Gasteiger partial charge on any atom is -0.441 e. The number of carbonyl (C=O) groups excluding carboxylic acids is 1. The SMILES string of the molecule is O=C1NC[C@]2(CCCN(c3ncnc4[nH]ccc34)CC2)O1. The predicted octanol–water partition coefficient (Wildman–Crippen LogP) is 1.43. The van der Waals surface area contributed by atoms with Crippen LogP contribution in [-0.4, -0.2) is 46.3 Å². The number of alkyl carbamates (subject to hydrolysis) is 1. The van der Waals surface area contributed by atoms with Crippen LogP contribution < -0.4 is 10.2 Å². The van der Waals surface area contributed by atoms with E-state index in [2.05, 4.69) is 25.2 Å². The van der Waals surface area contributed by atoms with E-state index in [1.807, 2.05) is 12.3 Å². The highest BCUT2D eigenvalue weighted by Gasteiger charge is 2.41. The zero-order chi connectivity index (χ0) is 14.3. The average Bonchev–Trinajstić information content (AvgIpc) is 3.04. The summed E-state index contributed by atoms with van der Waals surface area (Å²) in [5.41, 5.74) is 0.517. The highest BCUT2D eigenvalue weighted by molar-refractivity contribution is 5.87. The molecule has 1 spiro atoms. The number of amides is 1. The highest BCUT2D eigenvalue weighted by atomic mass is 16.6. The third-order valence-electron chi connectivity index (χ3n) is 4.39. The standard InChI is InChI=1S/C14H17N5O2/c20-13-16-8-14(21-13)3-1-6-19(7-4-14)12-10-2-5-15-11(10)17-9-18-12/h2,5,9H,1,3-4,6-8H2,(H,16,20)(H,15,17,18)/t14-/m1/s1. The van der Waals surface area contributed by atoms with E-state index >= 15 is 0 Å². The molecule has 21 heavy (non-hydrogen) atoms. The number of ether oxygens (including phenoxy) is 1. The van der Waals surface area contributed by atoms with E-state index in [9.17, 15) is 4.79 Å². The Kier molecular flexibility index (Phi) is 2.73. The number of H-pyrrole nitrogens is 1. The number of fused-ring (bicyclic) bond motifs is 1. The summed E-state index contributed by atoms with van der Waals surface area (Å²) in [5, 5.41) is 3.81. The number of nitrogens with one attached hydrogen (secondary N) is 2. The van der Waals surface area contributed by atoms with Gasteiger partial charge in [0.15, 0.2) is 0 Å². The monoisotopic (exact) mass is 287 g/mol. The van der Waals surface area contributed by atoms with Crippen molar-refractivity contribution in [2.24, 2.45) is 0 Å². The molecule has 2 fully saturated rings. The zero-order valence-corrected chi connectivity index (χ0v) is 11.6. The maximum Gasteiger partial charge on any atom is 0.407 e. The topological polar surface area (TPSA) is 83.1 Å². The fourth-order valence-electron chi connectivity index (χ4n) is 3.27. The zero-order valence-electron chi connectivity index (χ0n) is 11.6. The lowest BCUT2D eigenvalue weighted by Gasteiger charge is -2.25. The van der Waals surface area contributed by atoms with Gasteiger partial charge in [-0.05, 0) is 18.9 Å². The molecule has 2 saturated heterocycles. The Morgan fingerprint density at radius 2 is 2.24 bits per heavy atom. The smallest absolute Gasteiger partial charge is 0.407 e. The Bertz CT molecular complexity index is 685. The van der Waals surface area contributed by atoms with Gasteiger partial charge in [-0.1, -0.05) is 0 Å². The second-order valence-corrected chi connectivity index (χ2v) is 5.70. The molecule has 2 aromatic heterocycles. The van der Waals surface area contributed by atoms with Crippen LogP contribution in [0.25, 0.3) is 11.0 Å². The van der Waals surface area contributed by atoms with Crippen LogP contribution in [0.5, 0.6) is 0 Å². The summed E-state index contributed by atoms with van der Waals surface area (Å²) < 4.78 is 5.51. The van der Waals surface area contributed by atoms with Crippen molar-refractivity contribution in [2.45, 2.75) is 24.9 Å². The Labute approximate surface area is 121 Å². The quantitative estimate of drug-likeness (QED) is 0.829. The van der Waals surface area contributed by atoms with E-state index in [4.69, 9.17) is 4.74 Å². The highest BCUT2D eigenvalue weighted by Crippen LogP contribution is 2.32. The first-order valence-corrected chi connectivity index (χ1v) is 7.26. The van der Waals surface area contributed by atoms with E-state index in [1.54, 1.807) is 6.33 Å². The molecule has 110 valence electrons. The Morgan fingerprint density at radius 3 is 3.10 bits per heavy atom. The van der Waals surface area contributed by atoms with E-state index < -0.39 is 0 Å². The number of anilines is 1. The van der Waals surface area contributed by atoms with Gasteiger partial charge in [0.1, 0.15) is 23.4 Å². The Morgan fingerprint density at radius 1 is 1.29 bits per heavy atom. The molecule has 4 heterocycles. The van der Waals surface area contributed by atoms with Crippen molar-refractivity contribution < 1.29 is 9.53 Å². The van der Waals surface area contributed by atoms with E-state index in [1.165, 1.54) is 0 Å². The van der Waals surface area contributed by atoms with Crippen LogP contribution in [0.3, 0.4) is 0 Å². The van der Waals surface area contributed by atoms with Gasteiger partial charge in [0, 0.05) is 25.7 Å². The minimum atomic E-state index is -0.337. The van der Waals surface area contributed by atoms with Crippen molar-refractivity contribution in [3.05, 3.63) is 18.6 Å². The number of hydrogen-bond donors (Lipinski definition) is 2. The van der Waals surface area contributed by atoms with Gasteiger partial charge in [-0.3, -0.25) is 0 Å². The van der Waals surface area contributed by atoms with Crippen molar-refractivity contribution in [2.75, 3.05) is 24.5 Å². The number of rotatable bonds is 1. The number of carbonyl (C=O) groups is 1. The summed E-state index contributed by atoms with van der Waals surface area (Å²) in [6, 6.07) is 2.00. The summed E-state index contributed by atoms with van der Waals surface area (Å²) in [6.45, 7) is 2.35. The van der Waals surface area contributed by atoms with Gasteiger partial charge >= 0.3 is 6.09 Å². The first-order chi connectivity index (χ1) is 10.3. The van der Waals surface area contributed by atoms with Crippen molar-refractivity contribution in [1.29, 1.82) is 0 Å². The van der Waals surface area contributed by atoms with Crippen molar-refractivity contribution in [3.63, 3.8) is 0 Å². The Hall–Kier alpha value is -2.31. The molecule has 0 radical (unpaired) electrons. The molecule has 0 aromatic carbocycles. The molecule has 2 aliphatic heterocycles. The molecule has 2 aromatic rings. The largest absolute Gasteiger partial charge is 0.441 e. The number of hydrogen-bond acceptors (Lipinski definition) is 5. The maximum atomic E-state index is 11.3. The number of nitrogens with zero attached hydrogens (tertiary/aromatic N) is 3. The predicted molar refractivity (Wildman–Crippen MR) is 77.2 cm³/mol. The minimum absolute atomic E-state index is 0.293. The molecule has 7 heteroatoms. The van der Waals surface area contributed by atoms with Crippen LogP contribution in [-0.2, 0) is 4.74 Å². The van der Waals surface area contributed by atoms with Crippen LogP contribution in [0.1, 0.15) is 19.3 Å². The van der Waals surface area contributed by atoms with E-state index in [0.29, 0.717) is 6.54 Å². The fraction of sp³-hybridized carbons (Fsp3) is 0.500. The molecule has 0 aliphatic carbocycles. The third-order valence-corrected chi connectivity index (χ3v) is 4.39. The van der Waals surface area contributed by atoms with Crippen LogP contribution in [0, 0.1) is 0 Å². The molecular formula is C14H17N5O2. The van der Waals surface area contributed by atoms with Crippen molar-refractivity contribution in [1.82, 2.24) is 20.3 Å². The summed E-state index contributed by atoms with van der Waals surface area (Å²) in [7, 11) is 0. The lowest BCUT2D eigenvalue weighted by Crippen LogP contribution is -2.35. The van der Waals surface area contributed by atoms with Crippen LogP contribution in [0.15, 0.2) is 18.6 Å². The maximum absolute atomic E-state index is 11.3. The van der Waals surface area contributed by atoms with Gasteiger partial charge in [0.25, 0.3) is 0 Å². The molecule has 7 nitrogen and oxygen atoms in total. The molecule has 4 rings (SSSR count). The van der Waals surface area contributed by atoms with Gasteiger partial charge < -0.3 is 19.9 Å². The molecule has 2 N–H and O–H groups in total. The number of aromatic amines is 1. The van der Waals surface area contributed by atoms with E-state index in [0.717, 1.165) is 49.2 Å². The van der Waals surface area contributed by atoms with Gasteiger partial charge in [-0.2, -0.15) is 0 Å². The van der Waals surface area contributed by atoms with Crippen molar-refractivity contribution >= 4 is 22.9 Å². The average molecular weight is 287 g/mol. The normalized spacial score (nSPS) is 25.9. The summed E-state index contributed by atoms with van der Waals surface area (Å²) >= 11 is 0. The summed E-state index contributed by atoms with van der Waals surface area (Å²) in [6.07, 6.45) is 5.87. The van der Waals surface area contributed by atoms with E-state index in [-0.39, 0.29) is 11.7 Å². The van der Waals surface area contributed by atoms with Gasteiger partial charge in [0.05, 0.1) is 11.9 Å². The van der Waals surface area contributed by atoms with Gasteiger partial charge in [-0.25, -0.2) is 14.8 Å². The van der Waals surface area contributed by atoms with Crippen LogP contribution in [0.2, 0.25) is 0 Å². The van der Waals surface area contributed by atoms with Gasteiger partial charge in [0.2, 0.25) is 0 Å². The first-order valence-electron chi connectivity index (χ1n) is 7.26. The molecule has 1 atom stereocenters. The molecule has 0 saturated carbocycles. The van der Waals surface area contributed by atoms with Crippen LogP contribution >= 0.6 is 0 Å². The summed E-state index contributed by atoms with van der Waals surface area (Å²) in [5.74, 6) is 0.954. The lowest BCUT2D eigenvalue weighted by molar-refractivity contribution is 0.0473. The fourth-order valence-corrected chi connectivity index (χ4v) is 3.27. The molecule has 0 unspecified atom stereocenters. The molecule has 2 aliphatic rings. The third kappa shape index (κ3) is 2.09. The Balaban J connectivity index is 1.60. The van der Waals surface area contributed by atoms with Crippen LogP contribution in [0.4, 0.5) is 10.6 Å².